The molecule has 0 unspecified atom stereocenters. The van der Waals surface area contributed by atoms with Crippen molar-refractivity contribution in [1.29, 1.82) is 0 Å². The molecule has 4 aromatic rings. The number of halogens is 3. The van der Waals surface area contributed by atoms with Crippen molar-refractivity contribution in [3.05, 3.63) is 77.9 Å². The number of benzene rings is 2. The van der Waals surface area contributed by atoms with E-state index in [9.17, 15) is 18.0 Å². The van der Waals surface area contributed by atoms with Crippen LogP contribution in [0, 0.1) is 0 Å². The molecule has 0 bridgehead atoms. The van der Waals surface area contributed by atoms with Crippen LogP contribution in [0.3, 0.4) is 0 Å². The molecular weight excluding hydrogens is 423 g/mol. The van der Waals surface area contributed by atoms with Gasteiger partial charge in [0.15, 0.2) is 17.8 Å². The third kappa shape index (κ3) is 4.80. The predicted molar refractivity (Wildman–Crippen MR) is 111 cm³/mol. The summed E-state index contributed by atoms with van der Waals surface area (Å²) in [5.41, 5.74) is 1.01. The monoisotopic (exact) mass is 439 g/mol. The molecule has 0 fully saturated rings. The van der Waals surface area contributed by atoms with Crippen molar-refractivity contribution in [1.82, 2.24) is 19.9 Å². The summed E-state index contributed by atoms with van der Waals surface area (Å²) in [5.74, 6) is 1.05. The number of hydrogen-bond acceptors (Lipinski definition) is 7. The van der Waals surface area contributed by atoms with Gasteiger partial charge in [-0.2, -0.15) is 13.2 Å². The molecule has 162 valence electrons. The van der Waals surface area contributed by atoms with Crippen molar-refractivity contribution in [2.45, 2.75) is 12.6 Å². The highest BCUT2D eigenvalue weighted by atomic mass is 19.4. The van der Waals surface area contributed by atoms with E-state index in [0.717, 1.165) is 23.8 Å². The number of carbonyl (C=O) groups is 1. The van der Waals surface area contributed by atoms with Gasteiger partial charge in [-0.05, 0) is 42.3 Å². The lowest BCUT2D eigenvalue weighted by molar-refractivity contribution is -0.137. The van der Waals surface area contributed by atoms with Gasteiger partial charge >= 0.3 is 6.18 Å². The summed E-state index contributed by atoms with van der Waals surface area (Å²) in [4.78, 5) is 27.8. The number of ether oxygens (including phenoxy) is 1. The SMILES string of the molecule is O=Cc1cc(C(F)(F)F)ccc1Oc1ccc(CCNc2ncnc3nccnc23)cc1. The Morgan fingerprint density at radius 1 is 0.969 bits per heavy atom. The Labute approximate surface area is 180 Å². The lowest BCUT2D eigenvalue weighted by atomic mass is 10.1. The third-order valence-corrected chi connectivity index (χ3v) is 4.59. The van der Waals surface area contributed by atoms with Gasteiger partial charge < -0.3 is 10.1 Å². The third-order valence-electron chi connectivity index (χ3n) is 4.59. The number of aromatic nitrogens is 4. The zero-order chi connectivity index (χ0) is 22.6. The van der Waals surface area contributed by atoms with Crippen molar-refractivity contribution in [2.24, 2.45) is 0 Å². The van der Waals surface area contributed by atoms with Gasteiger partial charge in [0.2, 0.25) is 0 Å². The Bertz CT molecular complexity index is 1240. The smallest absolute Gasteiger partial charge is 0.416 e. The highest BCUT2D eigenvalue weighted by molar-refractivity contribution is 5.81. The Balaban J connectivity index is 1.39. The zero-order valence-corrected chi connectivity index (χ0v) is 16.5. The van der Waals surface area contributed by atoms with Crippen LogP contribution in [0.5, 0.6) is 11.5 Å². The van der Waals surface area contributed by atoms with Crippen LogP contribution in [-0.2, 0) is 12.6 Å². The normalized spacial score (nSPS) is 11.3. The second-order valence-electron chi connectivity index (χ2n) is 6.74. The fraction of sp³-hybridized carbons (Fsp3) is 0.136. The van der Waals surface area contributed by atoms with Crippen molar-refractivity contribution in [2.75, 3.05) is 11.9 Å². The van der Waals surface area contributed by atoms with Crippen LogP contribution in [0.15, 0.2) is 61.2 Å². The number of hydrogen-bond donors (Lipinski definition) is 1. The summed E-state index contributed by atoms with van der Waals surface area (Å²) in [6.45, 7) is 0.580. The molecule has 0 saturated heterocycles. The summed E-state index contributed by atoms with van der Waals surface area (Å²) < 4.78 is 44.1. The summed E-state index contributed by atoms with van der Waals surface area (Å²) in [5, 5.41) is 3.21. The first-order valence-corrected chi connectivity index (χ1v) is 9.53. The molecule has 7 nitrogen and oxygen atoms in total. The van der Waals surface area contributed by atoms with E-state index in [4.69, 9.17) is 4.74 Å². The average molecular weight is 439 g/mol. The molecule has 4 rings (SSSR count). The molecular formula is C22H16F3N5O2. The average Bonchev–Trinajstić information content (AvgIpc) is 2.80. The highest BCUT2D eigenvalue weighted by Gasteiger charge is 2.31. The minimum absolute atomic E-state index is 0.0548. The Hall–Kier alpha value is -4.08. The Morgan fingerprint density at radius 2 is 1.75 bits per heavy atom. The van der Waals surface area contributed by atoms with Crippen molar-refractivity contribution in [3.8, 4) is 11.5 Å². The minimum Gasteiger partial charge on any atom is -0.457 e. The van der Waals surface area contributed by atoms with Crippen LogP contribution in [0.4, 0.5) is 19.0 Å². The topological polar surface area (TPSA) is 89.9 Å². The molecule has 0 amide bonds. The van der Waals surface area contributed by atoms with E-state index in [1.54, 1.807) is 24.5 Å². The quantitative estimate of drug-likeness (QED) is 0.418. The van der Waals surface area contributed by atoms with E-state index in [1.165, 1.54) is 6.33 Å². The molecule has 0 spiro atoms. The van der Waals surface area contributed by atoms with E-state index in [0.29, 0.717) is 42.0 Å². The number of rotatable bonds is 7. The van der Waals surface area contributed by atoms with Gasteiger partial charge in [0, 0.05) is 18.9 Å². The standard InChI is InChI=1S/C22H16F3N5O2/c23-22(24,25)16-3-6-18(15(11-16)12-31)32-17-4-1-14(2-5-17)7-8-27-20-19-21(30-13-29-20)28-10-9-26-19/h1-6,9-13H,7-8H2,(H,27,28,29,30). The molecule has 2 aromatic carbocycles. The van der Waals surface area contributed by atoms with Crippen molar-refractivity contribution >= 4 is 23.3 Å². The first-order chi connectivity index (χ1) is 15.4. The number of nitrogens with zero attached hydrogens (tertiary/aromatic N) is 4. The van der Waals surface area contributed by atoms with E-state index < -0.39 is 11.7 Å². The van der Waals surface area contributed by atoms with E-state index in [2.05, 4.69) is 25.3 Å². The molecule has 2 heterocycles. The van der Waals surface area contributed by atoms with Gasteiger partial charge in [-0.3, -0.25) is 4.79 Å². The largest absolute Gasteiger partial charge is 0.457 e. The van der Waals surface area contributed by atoms with Crippen LogP contribution in [0.1, 0.15) is 21.5 Å². The molecule has 10 heteroatoms. The molecule has 2 aromatic heterocycles. The van der Waals surface area contributed by atoms with Gasteiger partial charge in [-0.25, -0.2) is 19.9 Å². The number of alkyl halides is 3. The zero-order valence-electron chi connectivity index (χ0n) is 16.5. The van der Waals surface area contributed by atoms with Gasteiger partial charge in [-0.1, -0.05) is 12.1 Å². The second-order valence-corrected chi connectivity index (χ2v) is 6.74. The lowest BCUT2D eigenvalue weighted by Gasteiger charge is -2.12. The maximum atomic E-state index is 12.8. The van der Waals surface area contributed by atoms with Crippen LogP contribution in [0.25, 0.3) is 11.2 Å². The minimum atomic E-state index is -4.53. The summed E-state index contributed by atoms with van der Waals surface area (Å²) >= 11 is 0. The van der Waals surface area contributed by atoms with E-state index in [-0.39, 0.29) is 11.3 Å². The predicted octanol–water partition coefficient (Wildman–Crippen LogP) is 4.70. The maximum absolute atomic E-state index is 12.8. The molecule has 1 N–H and O–H groups in total. The molecule has 0 aliphatic heterocycles. The fourth-order valence-electron chi connectivity index (χ4n) is 3.01. The Morgan fingerprint density at radius 3 is 2.50 bits per heavy atom. The first-order valence-electron chi connectivity index (χ1n) is 9.53. The van der Waals surface area contributed by atoms with Crippen molar-refractivity contribution in [3.63, 3.8) is 0 Å². The Kier molecular flexibility index (Phi) is 5.93. The van der Waals surface area contributed by atoms with Crippen LogP contribution in [0.2, 0.25) is 0 Å². The van der Waals surface area contributed by atoms with E-state index >= 15 is 0 Å². The molecule has 0 atom stereocenters. The fourth-order valence-corrected chi connectivity index (χ4v) is 3.01. The summed E-state index contributed by atoms with van der Waals surface area (Å²) in [6, 6.07) is 9.83. The van der Waals surface area contributed by atoms with Gasteiger partial charge in [-0.15, -0.1) is 0 Å². The number of nitrogens with one attached hydrogen (secondary N) is 1. The number of fused-ring (bicyclic) bond motifs is 1. The summed E-state index contributed by atoms with van der Waals surface area (Å²) in [6.07, 6.45) is 1.03. The van der Waals surface area contributed by atoms with E-state index in [1.807, 2.05) is 12.1 Å². The maximum Gasteiger partial charge on any atom is 0.416 e. The lowest BCUT2D eigenvalue weighted by Crippen LogP contribution is -2.08. The number of aldehydes is 1. The van der Waals surface area contributed by atoms with Crippen LogP contribution in [-0.4, -0.2) is 32.8 Å². The number of carbonyl (C=O) groups excluding carboxylic acids is 1. The van der Waals surface area contributed by atoms with Crippen molar-refractivity contribution < 1.29 is 22.7 Å². The highest BCUT2D eigenvalue weighted by Crippen LogP contribution is 2.33. The summed E-state index contributed by atoms with van der Waals surface area (Å²) in [7, 11) is 0. The van der Waals surface area contributed by atoms with Gasteiger partial charge in [0.1, 0.15) is 23.3 Å². The first kappa shape index (κ1) is 21.2. The van der Waals surface area contributed by atoms with Gasteiger partial charge in [0.05, 0.1) is 11.1 Å². The molecule has 0 saturated carbocycles. The van der Waals surface area contributed by atoms with Crippen LogP contribution >= 0.6 is 0 Å². The molecule has 32 heavy (non-hydrogen) atoms. The number of anilines is 1. The van der Waals surface area contributed by atoms with Gasteiger partial charge in [0.25, 0.3) is 0 Å². The molecule has 0 aliphatic rings. The van der Waals surface area contributed by atoms with Crippen LogP contribution < -0.4 is 10.1 Å². The molecule has 0 radical (unpaired) electrons. The second kappa shape index (κ2) is 8.96. The molecule has 0 aliphatic carbocycles.